The third kappa shape index (κ3) is 14.2. The first kappa shape index (κ1) is 38.0. The summed E-state index contributed by atoms with van der Waals surface area (Å²) in [5, 5.41) is 39.2. The van der Waals surface area contributed by atoms with Gasteiger partial charge in [-0.1, -0.05) is 76.6 Å². The fourth-order valence-electron chi connectivity index (χ4n) is 4.60. The number of nitriles is 1. The molecule has 3 atom stereocenters. The van der Waals surface area contributed by atoms with Crippen molar-refractivity contribution < 1.29 is 29.4 Å². The number of guanidine groups is 1. The van der Waals surface area contributed by atoms with Crippen molar-refractivity contribution in [2.24, 2.45) is 16.3 Å². The van der Waals surface area contributed by atoms with Crippen LogP contribution in [0.4, 0.5) is 11.4 Å². The van der Waals surface area contributed by atoms with E-state index in [1.807, 2.05) is 72.0 Å². The van der Waals surface area contributed by atoms with Crippen molar-refractivity contribution in [3.63, 3.8) is 0 Å². The van der Waals surface area contributed by atoms with E-state index in [1.165, 1.54) is 12.2 Å². The minimum absolute atomic E-state index is 0.0385. The lowest BCUT2D eigenvalue weighted by Gasteiger charge is -2.22. The molecule has 0 aliphatic carbocycles. The van der Waals surface area contributed by atoms with E-state index in [4.69, 9.17) is 0 Å². The number of amides is 2. The Balaban J connectivity index is 2.12. The average molecular weight is 647 g/mol. The molecular weight excluding hydrogens is 600 g/mol. The van der Waals surface area contributed by atoms with Crippen molar-refractivity contribution >= 4 is 41.1 Å². The molecule has 0 heterocycles. The number of carbonyl (C=O) groups is 4. The van der Waals surface area contributed by atoms with Gasteiger partial charge in [0.1, 0.15) is 12.1 Å². The van der Waals surface area contributed by atoms with Gasteiger partial charge >= 0.3 is 11.9 Å². The second-order valence-corrected chi connectivity index (χ2v) is 13.0. The number of nitrogens with zero attached hydrogens (tertiary/aromatic N) is 2. The minimum Gasteiger partial charge on any atom is -0.480 e. The minimum atomic E-state index is -1.24. The van der Waals surface area contributed by atoms with Crippen molar-refractivity contribution in [3.8, 4) is 6.19 Å². The van der Waals surface area contributed by atoms with Gasteiger partial charge in [0.2, 0.25) is 17.8 Å². The van der Waals surface area contributed by atoms with Crippen LogP contribution in [0.2, 0.25) is 0 Å². The van der Waals surface area contributed by atoms with Gasteiger partial charge in [-0.05, 0) is 67.3 Å². The highest BCUT2D eigenvalue weighted by Gasteiger charge is 2.27. The number of carbonyl (C=O) groups excluding carboxylic acids is 2. The summed E-state index contributed by atoms with van der Waals surface area (Å²) in [5.74, 6) is -3.56. The van der Waals surface area contributed by atoms with Crippen molar-refractivity contribution in [3.05, 3.63) is 71.8 Å². The smallest absolute Gasteiger partial charge is 0.326 e. The van der Waals surface area contributed by atoms with E-state index in [1.54, 1.807) is 24.3 Å². The van der Waals surface area contributed by atoms with Gasteiger partial charge in [0.05, 0.1) is 11.6 Å². The molecule has 0 aliphatic heterocycles. The zero-order valence-corrected chi connectivity index (χ0v) is 27.8. The highest BCUT2D eigenvalue weighted by atomic mass is 16.4. The van der Waals surface area contributed by atoms with Crippen LogP contribution in [0.5, 0.6) is 0 Å². The molecule has 0 radical (unpaired) electrons. The molecule has 2 rings (SSSR count). The van der Waals surface area contributed by atoms with Gasteiger partial charge in [-0.2, -0.15) is 5.26 Å². The number of aryl methyl sites for hydroxylation is 1. The number of aliphatic imine (C=N–C) groups is 1. The molecule has 0 fully saturated rings. The first-order chi connectivity index (χ1) is 22.1. The topological polar surface area (TPSA) is 193 Å². The Morgan fingerprint density at radius 1 is 0.894 bits per heavy atom. The quantitative estimate of drug-likeness (QED) is 0.0495. The number of hydrogen-bond donors (Lipinski definition) is 6. The predicted molar refractivity (Wildman–Crippen MR) is 181 cm³/mol. The first-order valence-electron chi connectivity index (χ1n) is 15.5. The van der Waals surface area contributed by atoms with Gasteiger partial charge in [-0.3, -0.25) is 14.9 Å². The molecule has 2 amide bonds. The summed E-state index contributed by atoms with van der Waals surface area (Å²) >= 11 is 0. The normalized spacial score (nSPS) is 13.7. The summed E-state index contributed by atoms with van der Waals surface area (Å²) in [6.45, 7) is 11.5. The molecule has 2 aromatic rings. The lowest BCUT2D eigenvalue weighted by atomic mass is 9.89. The zero-order valence-electron chi connectivity index (χ0n) is 27.8. The second kappa shape index (κ2) is 18.1. The standard InChI is InChI=1S/C35H46N6O6/c1-22(2)19-27(24-13-17-26(18-14-24)39-34(37-21-36)38-25-15-11-23(3)12-16-25)31(43)41-29(33(46)47)10-8-7-9-28(32(44)45)40-30(42)20-35(4,5)6/h7-8,11-18,22,27-29H,9-10,19-20H2,1-6H3,(H,40,42)(H,41,43)(H,44,45)(H,46,47)(H2,37,38,39). The maximum absolute atomic E-state index is 13.4. The summed E-state index contributed by atoms with van der Waals surface area (Å²) in [6, 6.07) is 12.1. The van der Waals surface area contributed by atoms with E-state index < -0.39 is 35.8 Å². The van der Waals surface area contributed by atoms with E-state index in [-0.39, 0.29) is 42.5 Å². The number of aliphatic carboxylic acids is 2. The van der Waals surface area contributed by atoms with Gasteiger partial charge in [0, 0.05) is 12.1 Å². The third-order valence-electron chi connectivity index (χ3n) is 6.90. The Labute approximate surface area is 276 Å². The fraction of sp³-hybridized carbons (Fsp3) is 0.429. The molecule has 0 bridgehead atoms. The monoisotopic (exact) mass is 646 g/mol. The van der Waals surface area contributed by atoms with Crippen molar-refractivity contribution in [2.75, 3.05) is 5.32 Å². The second-order valence-electron chi connectivity index (χ2n) is 13.0. The summed E-state index contributed by atoms with van der Waals surface area (Å²) in [6.07, 6.45) is 5.36. The lowest BCUT2D eigenvalue weighted by Crippen LogP contribution is -2.43. The summed E-state index contributed by atoms with van der Waals surface area (Å²) in [4.78, 5) is 53.7. The Bertz CT molecular complexity index is 1470. The SMILES string of the molecule is Cc1ccc(N=C(NC#N)Nc2ccc(C(CC(C)C)C(=O)NC(CC=CCC(NC(=O)CC(C)(C)C)C(=O)O)C(=O)O)cc2)cc1. The highest BCUT2D eigenvalue weighted by molar-refractivity contribution is 5.96. The lowest BCUT2D eigenvalue weighted by molar-refractivity contribution is -0.142. The van der Waals surface area contributed by atoms with E-state index in [2.05, 4.69) is 26.3 Å². The van der Waals surface area contributed by atoms with E-state index >= 15 is 0 Å². The van der Waals surface area contributed by atoms with E-state index in [0.29, 0.717) is 23.4 Å². The van der Waals surface area contributed by atoms with Gasteiger partial charge in [0.25, 0.3) is 0 Å². The van der Waals surface area contributed by atoms with Crippen molar-refractivity contribution in [1.82, 2.24) is 16.0 Å². The predicted octanol–water partition coefficient (Wildman–Crippen LogP) is 5.21. The van der Waals surface area contributed by atoms with Crippen LogP contribution in [0, 0.1) is 29.7 Å². The van der Waals surface area contributed by atoms with Gasteiger partial charge in [0.15, 0.2) is 6.19 Å². The molecule has 2 aromatic carbocycles. The molecule has 3 unspecified atom stereocenters. The van der Waals surface area contributed by atoms with E-state index in [0.717, 1.165) is 5.56 Å². The molecule has 0 aliphatic rings. The number of carboxylic acid groups (broad SMARTS) is 2. The molecule has 12 heteroatoms. The summed E-state index contributed by atoms with van der Waals surface area (Å²) in [7, 11) is 0. The van der Waals surface area contributed by atoms with Gasteiger partial charge < -0.3 is 26.2 Å². The van der Waals surface area contributed by atoms with Gasteiger partial charge in [-0.15, -0.1) is 0 Å². The molecule has 0 spiro atoms. The van der Waals surface area contributed by atoms with Crippen LogP contribution in [-0.4, -0.2) is 52.0 Å². The van der Waals surface area contributed by atoms with Crippen molar-refractivity contribution in [1.29, 1.82) is 5.26 Å². The van der Waals surface area contributed by atoms with Crippen molar-refractivity contribution in [2.45, 2.75) is 85.2 Å². The van der Waals surface area contributed by atoms with Crippen LogP contribution >= 0.6 is 0 Å². The Hall–Kier alpha value is -5.18. The Kier molecular flexibility index (Phi) is 14.6. The van der Waals surface area contributed by atoms with Crippen LogP contribution in [0.25, 0.3) is 0 Å². The maximum atomic E-state index is 13.4. The van der Waals surface area contributed by atoms with E-state index in [9.17, 15) is 34.7 Å². The van der Waals surface area contributed by atoms with Gasteiger partial charge in [-0.25, -0.2) is 14.6 Å². The highest BCUT2D eigenvalue weighted by Crippen LogP contribution is 2.26. The number of hydrogen-bond acceptors (Lipinski definition) is 6. The number of rotatable bonds is 15. The number of anilines is 1. The largest absolute Gasteiger partial charge is 0.480 e. The zero-order chi connectivity index (χ0) is 35.1. The van der Waals surface area contributed by atoms with Crippen LogP contribution < -0.4 is 21.3 Å². The molecule has 0 aromatic heterocycles. The first-order valence-corrected chi connectivity index (χ1v) is 15.5. The number of benzene rings is 2. The molecular formula is C35H46N6O6. The van der Waals surface area contributed by atoms with Crippen LogP contribution in [0.15, 0.2) is 65.7 Å². The number of nitrogens with one attached hydrogen (secondary N) is 4. The molecule has 0 saturated heterocycles. The summed E-state index contributed by atoms with van der Waals surface area (Å²) in [5.41, 5.74) is 2.73. The third-order valence-corrected chi connectivity index (χ3v) is 6.90. The summed E-state index contributed by atoms with van der Waals surface area (Å²) < 4.78 is 0. The Morgan fingerprint density at radius 2 is 1.45 bits per heavy atom. The average Bonchev–Trinajstić information content (AvgIpc) is 2.97. The fourth-order valence-corrected chi connectivity index (χ4v) is 4.60. The van der Waals surface area contributed by atoms with Crippen LogP contribution in [-0.2, 0) is 19.2 Å². The number of carboxylic acids is 2. The molecule has 47 heavy (non-hydrogen) atoms. The van der Waals surface area contributed by atoms with Crippen LogP contribution in [0.3, 0.4) is 0 Å². The Morgan fingerprint density at radius 3 is 1.94 bits per heavy atom. The molecule has 6 N–H and O–H groups in total. The maximum Gasteiger partial charge on any atom is 0.326 e. The molecule has 252 valence electrons. The van der Waals surface area contributed by atoms with Crippen LogP contribution in [0.1, 0.15) is 77.3 Å². The molecule has 0 saturated carbocycles. The molecule has 12 nitrogen and oxygen atoms in total.